The first-order valence-electron chi connectivity index (χ1n) is 5.14. The zero-order valence-corrected chi connectivity index (χ0v) is 9.98. The Kier molecular flexibility index (Phi) is 4.09. The number of anilines is 1. The second-order valence-electron chi connectivity index (χ2n) is 3.72. The highest BCUT2D eigenvalue weighted by Gasteiger charge is 2.14. The summed E-state index contributed by atoms with van der Waals surface area (Å²) in [4.78, 5) is 22.0. The van der Waals surface area contributed by atoms with E-state index in [0.717, 1.165) is 5.56 Å². The van der Waals surface area contributed by atoms with Crippen LogP contribution in [0.1, 0.15) is 22.8 Å². The molecule has 0 heterocycles. The zero-order valence-electron chi connectivity index (χ0n) is 9.98. The Hall–Kier alpha value is -2.04. The molecule has 5 heteroatoms. The molecule has 1 aromatic carbocycles. The van der Waals surface area contributed by atoms with Gasteiger partial charge in [0.05, 0.1) is 12.7 Å². The maximum atomic E-state index is 11.2. The average molecular weight is 237 g/mol. The van der Waals surface area contributed by atoms with Crippen LogP contribution in [0.15, 0.2) is 18.2 Å². The molecule has 5 nitrogen and oxygen atoms in total. The van der Waals surface area contributed by atoms with Gasteiger partial charge < -0.3 is 15.2 Å². The van der Waals surface area contributed by atoms with Gasteiger partial charge >= 0.3 is 11.9 Å². The fraction of sp³-hybridized carbons (Fsp3) is 0.333. The van der Waals surface area contributed by atoms with Gasteiger partial charge in [0.1, 0.15) is 6.04 Å². The van der Waals surface area contributed by atoms with Crippen molar-refractivity contribution in [1.29, 1.82) is 0 Å². The largest absolute Gasteiger partial charge is 0.478 e. The van der Waals surface area contributed by atoms with Gasteiger partial charge in [-0.3, -0.25) is 0 Å². The van der Waals surface area contributed by atoms with Crippen LogP contribution in [0.2, 0.25) is 0 Å². The Morgan fingerprint density at radius 1 is 1.41 bits per heavy atom. The van der Waals surface area contributed by atoms with Crippen LogP contribution in [0, 0.1) is 6.92 Å². The van der Waals surface area contributed by atoms with E-state index in [1.54, 1.807) is 26.0 Å². The molecule has 0 radical (unpaired) electrons. The van der Waals surface area contributed by atoms with E-state index in [4.69, 9.17) is 5.11 Å². The van der Waals surface area contributed by atoms with Crippen molar-refractivity contribution in [2.75, 3.05) is 12.4 Å². The molecular weight excluding hydrogens is 222 g/mol. The molecule has 0 fully saturated rings. The van der Waals surface area contributed by atoms with Crippen molar-refractivity contribution in [3.8, 4) is 0 Å². The summed E-state index contributed by atoms with van der Waals surface area (Å²) in [5, 5.41) is 11.8. The number of methoxy groups -OCH3 is 1. The minimum atomic E-state index is -0.972. The van der Waals surface area contributed by atoms with Crippen molar-refractivity contribution in [2.45, 2.75) is 19.9 Å². The molecule has 17 heavy (non-hydrogen) atoms. The standard InChI is InChI=1S/C12H15NO4/c1-7-6-9(11(14)15)4-5-10(7)13-8(2)12(16)17-3/h4-6,8,13H,1-3H3,(H,14,15). The van der Waals surface area contributed by atoms with Crippen LogP contribution >= 0.6 is 0 Å². The van der Waals surface area contributed by atoms with Gasteiger partial charge in [0.15, 0.2) is 0 Å². The first kappa shape index (κ1) is 13.0. The summed E-state index contributed by atoms with van der Waals surface area (Å²) in [5.74, 6) is -1.34. The maximum absolute atomic E-state index is 11.2. The Morgan fingerprint density at radius 2 is 2.06 bits per heavy atom. The monoisotopic (exact) mass is 237 g/mol. The lowest BCUT2D eigenvalue weighted by Crippen LogP contribution is -2.27. The molecule has 0 spiro atoms. The van der Waals surface area contributed by atoms with Crippen molar-refractivity contribution >= 4 is 17.6 Å². The molecule has 1 aromatic rings. The molecule has 0 aliphatic heterocycles. The molecule has 0 aliphatic rings. The predicted octanol–water partition coefficient (Wildman–Crippen LogP) is 1.67. The number of benzene rings is 1. The normalized spacial score (nSPS) is 11.7. The molecule has 1 unspecified atom stereocenters. The van der Waals surface area contributed by atoms with Crippen molar-refractivity contribution in [1.82, 2.24) is 0 Å². The smallest absolute Gasteiger partial charge is 0.335 e. The number of ether oxygens (including phenoxy) is 1. The van der Waals surface area contributed by atoms with Gasteiger partial charge in [0.2, 0.25) is 0 Å². The summed E-state index contributed by atoms with van der Waals surface area (Å²) in [5.41, 5.74) is 1.70. The van der Waals surface area contributed by atoms with Crippen molar-refractivity contribution in [2.24, 2.45) is 0 Å². The first-order valence-corrected chi connectivity index (χ1v) is 5.14. The fourth-order valence-electron chi connectivity index (χ4n) is 1.43. The number of carbonyl (C=O) groups is 2. The number of esters is 1. The van der Waals surface area contributed by atoms with Crippen LogP contribution in [0.5, 0.6) is 0 Å². The quantitative estimate of drug-likeness (QED) is 0.779. The summed E-state index contributed by atoms with van der Waals surface area (Å²) < 4.78 is 4.59. The topological polar surface area (TPSA) is 75.6 Å². The van der Waals surface area contributed by atoms with Crippen LogP contribution in [0.25, 0.3) is 0 Å². The summed E-state index contributed by atoms with van der Waals surface area (Å²) in [6.07, 6.45) is 0. The number of hydrogen-bond acceptors (Lipinski definition) is 4. The SMILES string of the molecule is COC(=O)C(C)Nc1ccc(C(=O)O)cc1C. The highest BCUT2D eigenvalue weighted by molar-refractivity contribution is 5.88. The summed E-state index contributed by atoms with van der Waals surface area (Å²) in [6.45, 7) is 3.45. The zero-order chi connectivity index (χ0) is 13.0. The van der Waals surface area contributed by atoms with Crippen molar-refractivity contribution in [3.05, 3.63) is 29.3 Å². The summed E-state index contributed by atoms with van der Waals surface area (Å²) in [7, 11) is 1.32. The highest BCUT2D eigenvalue weighted by atomic mass is 16.5. The van der Waals surface area contributed by atoms with Gasteiger partial charge in [-0.25, -0.2) is 9.59 Å². The van der Waals surface area contributed by atoms with E-state index in [-0.39, 0.29) is 11.5 Å². The van der Waals surface area contributed by atoms with E-state index in [1.165, 1.54) is 13.2 Å². The average Bonchev–Trinajstić information content (AvgIpc) is 2.30. The van der Waals surface area contributed by atoms with E-state index < -0.39 is 12.0 Å². The number of nitrogens with one attached hydrogen (secondary N) is 1. The van der Waals surface area contributed by atoms with Crippen LogP contribution in [-0.4, -0.2) is 30.2 Å². The molecule has 0 saturated heterocycles. The Labute approximate surface area is 99.4 Å². The highest BCUT2D eigenvalue weighted by Crippen LogP contribution is 2.17. The van der Waals surface area contributed by atoms with E-state index in [2.05, 4.69) is 10.1 Å². The van der Waals surface area contributed by atoms with Crippen LogP contribution in [0.3, 0.4) is 0 Å². The summed E-state index contributed by atoms with van der Waals surface area (Å²) in [6, 6.07) is 4.20. The third-order valence-electron chi connectivity index (χ3n) is 2.40. The number of carboxylic acids is 1. The lowest BCUT2D eigenvalue weighted by Gasteiger charge is -2.15. The van der Waals surface area contributed by atoms with Crippen LogP contribution in [0.4, 0.5) is 5.69 Å². The number of aryl methyl sites for hydroxylation is 1. The molecule has 0 aromatic heterocycles. The number of aromatic carboxylic acids is 1. The minimum absolute atomic E-state index is 0.221. The number of carbonyl (C=O) groups excluding carboxylic acids is 1. The van der Waals surface area contributed by atoms with E-state index in [1.807, 2.05) is 0 Å². The van der Waals surface area contributed by atoms with Gasteiger partial charge in [-0.1, -0.05) is 0 Å². The molecular formula is C12H15NO4. The van der Waals surface area contributed by atoms with E-state index in [0.29, 0.717) is 5.69 Å². The first-order chi connectivity index (χ1) is 7.95. The second kappa shape index (κ2) is 5.34. The van der Waals surface area contributed by atoms with Crippen molar-refractivity contribution in [3.63, 3.8) is 0 Å². The third-order valence-corrected chi connectivity index (χ3v) is 2.40. The lowest BCUT2D eigenvalue weighted by molar-refractivity contribution is -0.141. The van der Waals surface area contributed by atoms with Crippen LogP contribution in [-0.2, 0) is 9.53 Å². The van der Waals surface area contributed by atoms with Gasteiger partial charge in [-0.2, -0.15) is 0 Å². The van der Waals surface area contributed by atoms with Crippen LogP contribution < -0.4 is 5.32 Å². The minimum Gasteiger partial charge on any atom is -0.478 e. The Balaban J connectivity index is 2.86. The Bertz CT molecular complexity index is 442. The van der Waals surface area contributed by atoms with Gasteiger partial charge in [-0.15, -0.1) is 0 Å². The number of rotatable bonds is 4. The predicted molar refractivity (Wildman–Crippen MR) is 63.2 cm³/mol. The van der Waals surface area contributed by atoms with E-state index >= 15 is 0 Å². The van der Waals surface area contributed by atoms with E-state index in [9.17, 15) is 9.59 Å². The molecule has 0 amide bonds. The molecule has 2 N–H and O–H groups in total. The van der Waals surface area contributed by atoms with Gasteiger partial charge in [-0.05, 0) is 37.6 Å². The number of carboxylic acid groups (broad SMARTS) is 1. The molecule has 0 aliphatic carbocycles. The van der Waals surface area contributed by atoms with Gasteiger partial charge in [0.25, 0.3) is 0 Å². The maximum Gasteiger partial charge on any atom is 0.335 e. The number of hydrogen-bond donors (Lipinski definition) is 2. The molecule has 92 valence electrons. The molecule has 0 bridgehead atoms. The molecule has 0 saturated carbocycles. The second-order valence-corrected chi connectivity index (χ2v) is 3.72. The Morgan fingerprint density at radius 3 is 2.53 bits per heavy atom. The molecule has 1 atom stereocenters. The summed E-state index contributed by atoms with van der Waals surface area (Å²) >= 11 is 0. The third kappa shape index (κ3) is 3.21. The van der Waals surface area contributed by atoms with Gasteiger partial charge in [0, 0.05) is 5.69 Å². The molecule has 1 rings (SSSR count). The lowest BCUT2D eigenvalue weighted by atomic mass is 10.1. The van der Waals surface area contributed by atoms with Crippen molar-refractivity contribution < 1.29 is 19.4 Å². The fourth-order valence-corrected chi connectivity index (χ4v) is 1.43.